The number of carbonyl (C=O) groups is 1. The second-order valence-electron chi connectivity index (χ2n) is 5.16. The highest BCUT2D eigenvalue weighted by Crippen LogP contribution is 2.31. The second kappa shape index (κ2) is 4.31. The lowest BCUT2D eigenvalue weighted by molar-refractivity contribution is -0.119. The van der Waals surface area contributed by atoms with Gasteiger partial charge in [-0.3, -0.25) is 4.79 Å². The zero-order valence-electron chi connectivity index (χ0n) is 10.7. The fourth-order valence-electron chi connectivity index (χ4n) is 2.84. The van der Waals surface area contributed by atoms with Crippen molar-refractivity contribution >= 4 is 15.9 Å². The predicted molar refractivity (Wildman–Crippen MR) is 70.0 cm³/mol. The first kappa shape index (κ1) is 12.6. The SMILES string of the molecule is Cc1ccc(S(=O)(=O)N2CC[C@@H]3NC(=O)C[C@H]32)cc1. The zero-order chi connectivity index (χ0) is 13.6. The van der Waals surface area contributed by atoms with E-state index in [2.05, 4.69) is 5.32 Å². The van der Waals surface area contributed by atoms with Crippen LogP contribution < -0.4 is 5.32 Å². The molecular weight excluding hydrogens is 264 g/mol. The van der Waals surface area contributed by atoms with Gasteiger partial charge in [0.1, 0.15) is 0 Å². The average Bonchev–Trinajstić information content (AvgIpc) is 2.88. The predicted octanol–water partition coefficient (Wildman–Crippen LogP) is 0.647. The van der Waals surface area contributed by atoms with Crippen LogP contribution in [0.1, 0.15) is 18.4 Å². The van der Waals surface area contributed by atoms with Crippen LogP contribution in [0.5, 0.6) is 0 Å². The van der Waals surface area contributed by atoms with E-state index in [1.165, 1.54) is 4.31 Å². The van der Waals surface area contributed by atoms with Crippen LogP contribution in [0.4, 0.5) is 0 Å². The maximum Gasteiger partial charge on any atom is 0.243 e. The summed E-state index contributed by atoms with van der Waals surface area (Å²) in [5, 5.41) is 2.83. The minimum atomic E-state index is -3.49. The van der Waals surface area contributed by atoms with Crippen molar-refractivity contribution in [2.45, 2.75) is 36.7 Å². The molecule has 2 heterocycles. The molecule has 0 saturated carbocycles. The van der Waals surface area contributed by atoms with Crippen molar-refractivity contribution in [2.24, 2.45) is 0 Å². The van der Waals surface area contributed by atoms with Crippen LogP contribution in [0.3, 0.4) is 0 Å². The molecule has 0 bridgehead atoms. The van der Waals surface area contributed by atoms with Gasteiger partial charge in [-0.1, -0.05) is 17.7 Å². The molecule has 2 saturated heterocycles. The van der Waals surface area contributed by atoms with Crippen LogP contribution in [0.2, 0.25) is 0 Å². The third kappa shape index (κ3) is 2.04. The first-order valence-corrected chi connectivity index (χ1v) is 7.80. The van der Waals surface area contributed by atoms with Crippen molar-refractivity contribution < 1.29 is 13.2 Å². The van der Waals surface area contributed by atoms with Gasteiger partial charge in [0.15, 0.2) is 0 Å². The van der Waals surface area contributed by atoms with Crippen LogP contribution in [-0.2, 0) is 14.8 Å². The van der Waals surface area contributed by atoms with Crippen molar-refractivity contribution in [1.82, 2.24) is 9.62 Å². The van der Waals surface area contributed by atoms with Crippen LogP contribution in [0, 0.1) is 6.92 Å². The van der Waals surface area contributed by atoms with Crippen LogP contribution in [0.25, 0.3) is 0 Å². The number of amides is 1. The molecule has 0 radical (unpaired) electrons. The Morgan fingerprint density at radius 2 is 1.95 bits per heavy atom. The van der Waals surface area contributed by atoms with E-state index in [4.69, 9.17) is 0 Å². The van der Waals surface area contributed by atoms with Crippen molar-refractivity contribution in [3.05, 3.63) is 29.8 Å². The summed E-state index contributed by atoms with van der Waals surface area (Å²) < 4.78 is 26.6. The van der Waals surface area contributed by atoms with Gasteiger partial charge in [-0.05, 0) is 25.5 Å². The number of hydrogen-bond acceptors (Lipinski definition) is 3. The summed E-state index contributed by atoms with van der Waals surface area (Å²) in [5.74, 6) is -0.0567. The molecule has 0 unspecified atom stereocenters. The second-order valence-corrected chi connectivity index (χ2v) is 7.05. The number of hydrogen-bond donors (Lipinski definition) is 1. The van der Waals surface area contributed by atoms with Crippen LogP contribution in [-0.4, -0.2) is 37.3 Å². The van der Waals surface area contributed by atoms with E-state index in [9.17, 15) is 13.2 Å². The van der Waals surface area contributed by atoms with Gasteiger partial charge >= 0.3 is 0 Å². The molecule has 5 nitrogen and oxygen atoms in total. The van der Waals surface area contributed by atoms with E-state index in [1.807, 2.05) is 6.92 Å². The number of sulfonamides is 1. The van der Waals surface area contributed by atoms with Crippen LogP contribution in [0.15, 0.2) is 29.2 Å². The molecular formula is C13H16N2O3S. The normalized spacial score (nSPS) is 27.3. The number of aryl methyl sites for hydroxylation is 1. The highest BCUT2D eigenvalue weighted by atomic mass is 32.2. The molecule has 2 aliphatic heterocycles. The Bertz CT molecular complexity index is 609. The highest BCUT2D eigenvalue weighted by molar-refractivity contribution is 7.89. The Balaban J connectivity index is 1.93. The van der Waals surface area contributed by atoms with E-state index < -0.39 is 10.0 Å². The van der Waals surface area contributed by atoms with E-state index >= 15 is 0 Å². The molecule has 1 aromatic carbocycles. The van der Waals surface area contributed by atoms with Gasteiger partial charge in [0.2, 0.25) is 15.9 Å². The van der Waals surface area contributed by atoms with Gasteiger partial charge in [0.25, 0.3) is 0 Å². The first-order chi connectivity index (χ1) is 8.98. The molecule has 6 heteroatoms. The number of carbonyl (C=O) groups excluding carboxylic acids is 1. The summed E-state index contributed by atoms with van der Waals surface area (Å²) in [6.07, 6.45) is 0.970. The van der Waals surface area contributed by atoms with Gasteiger partial charge in [0.05, 0.1) is 10.9 Å². The summed E-state index contributed by atoms with van der Waals surface area (Å²) in [6, 6.07) is 6.59. The molecule has 1 N–H and O–H groups in total. The molecule has 0 aliphatic carbocycles. The number of benzene rings is 1. The lowest BCUT2D eigenvalue weighted by Crippen LogP contribution is -2.38. The number of fused-ring (bicyclic) bond motifs is 1. The van der Waals surface area contributed by atoms with E-state index in [-0.39, 0.29) is 24.4 Å². The van der Waals surface area contributed by atoms with Gasteiger partial charge in [-0.2, -0.15) is 4.31 Å². The van der Waals surface area contributed by atoms with E-state index in [1.54, 1.807) is 24.3 Å². The fraction of sp³-hybridized carbons (Fsp3) is 0.462. The average molecular weight is 280 g/mol. The maximum atomic E-state index is 12.6. The molecule has 1 amide bonds. The summed E-state index contributed by atoms with van der Waals surface area (Å²) in [7, 11) is -3.49. The Morgan fingerprint density at radius 1 is 1.26 bits per heavy atom. The summed E-state index contributed by atoms with van der Waals surface area (Å²) >= 11 is 0. The Hall–Kier alpha value is -1.40. The number of nitrogens with zero attached hydrogens (tertiary/aromatic N) is 1. The molecule has 0 aromatic heterocycles. The van der Waals surface area contributed by atoms with Gasteiger partial charge in [-0.15, -0.1) is 0 Å². The van der Waals surface area contributed by atoms with E-state index in [0.717, 1.165) is 5.56 Å². The van der Waals surface area contributed by atoms with Crippen molar-refractivity contribution in [3.63, 3.8) is 0 Å². The van der Waals surface area contributed by atoms with Crippen molar-refractivity contribution in [2.75, 3.05) is 6.54 Å². The van der Waals surface area contributed by atoms with Gasteiger partial charge in [0, 0.05) is 19.0 Å². The molecule has 0 spiro atoms. The van der Waals surface area contributed by atoms with Gasteiger partial charge in [-0.25, -0.2) is 8.42 Å². The standard InChI is InChI=1S/C13H16N2O3S/c1-9-2-4-10(5-3-9)19(17,18)15-7-6-11-12(15)8-13(16)14-11/h2-5,11-12H,6-8H2,1H3,(H,14,16)/t11-,12+/m0/s1. The quantitative estimate of drug-likeness (QED) is 0.865. The number of rotatable bonds is 2. The molecule has 19 heavy (non-hydrogen) atoms. The molecule has 2 atom stereocenters. The van der Waals surface area contributed by atoms with E-state index in [0.29, 0.717) is 17.9 Å². The lowest BCUT2D eigenvalue weighted by atomic mass is 10.1. The van der Waals surface area contributed by atoms with Crippen molar-refractivity contribution in [1.29, 1.82) is 0 Å². The lowest BCUT2D eigenvalue weighted by Gasteiger charge is -2.22. The fourth-order valence-corrected chi connectivity index (χ4v) is 4.51. The van der Waals surface area contributed by atoms with Gasteiger partial charge < -0.3 is 5.32 Å². The topological polar surface area (TPSA) is 66.5 Å². The maximum absolute atomic E-state index is 12.6. The monoisotopic (exact) mass is 280 g/mol. The first-order valence-electron chi connectivity index (χ1n) is 6.36. The zero-order valence-corrected chi connectivity index (χ0v) is 11.5. The Morgan fingerprint density at radius 3 is 2.63 bits per heavy atom. The summed E-state index contributed by atoms with van der Waals surface area (Å²) in [6.45, 7) is 2.40. The van der Waals surface area contributed by atoms with Crippen LogP contribution >= 0.6 is 0 Å². The highest BCUT2D eigenvalue weighted by Gasteiger charge is 2.46. The van der Waals surface area contributed by atoms with Crippen molar-refractivity contribution in [3.8, 4) is 0 Å². The molecule has 2 aliphatic rings. The Labute approximate surface area is 112 Å². The molecule has 1 aromatic rings. The minimum Gasteiger partial charge on any atom is -0.352 e. The third-order valence-electron chi connectivity index (χ3n) is 3.86. The molecule has 2 fully saturated rings. The third-order valence-corrected chi connectivity index (χ3v) is 5.80. The Kier molecular flexibility index (Phi) is 2.87. The summed E-state index contributed by atoms with van der Waals surface area (Å²) in [4.78, 5) is 11.7. The number of nitrogens with one attached hydrogen (secondary N) is 1. The molecule has 102 valence electrons. The largest absolute Gasteiger partial charge is 0.352 e. The minimum absolute atomic E-state index is 0.0206. The smallest absolute Gasteiger partial charge is 0.243 e. The molecule has 3 rings (SSSR count). The summed E-state index contributed by atoms with van der Waals surface area (Å²) in [5.41, 5.74) is 1.02.